The van der Waals surface area contributed by atoms with E-state index in [1.165, 1.54) is 11.8 Å². The summed E-state index contributed by atoms with van der Waals surface area (Å²) in [4.78, 5) is 19.9. The largest absolute Gasteiger partial charge is 0.493 e. The molecule has 8 heteroatoms. The van der Waals surface area contributed by atoms with Gasteiger partial charge in [0.15, 0.2) is 16.7 Å². The lowest BCUT2D eigenvalue weighted by atomic mass is 10.2. The molecular formula is C21H20BrClN2O3S. The number of nitrogens with zero attached hydrogens (tertiary/aromatic N) is 2. The van der Waals surface area contributed by atoms with Crippen molar-refractivity contribution in [1.82, 2.24) is 4.90 Å². The van der Waals surface area contributed by atoms with Crippen LogP contribution in [0.5, 0.6) is 11.5 Å². The van der Waals surface area contributed by atoms with Crippen molar-refractivity contribution in [3.63, 3.8) is 0 Å². The second-order valence-electron chi connectivity index (χ2n) is 6.18. The van der Waals surface area contributed by atoms with E-state index in [1.807, 2.05) is 37.3 Å². The normalized spacial score (nSPS) is 16.7. The topological polar surface area (TPSA) is 51.1 Å². The molecule has 1 aliphatic rings. The molecule has 0 radical (unpaired) electrons. The Morgan fingerprint density at radius 1 is 1.21 bits per heavy atom. The first-order chi connectivity index (χ1) is 14.0. The minimum Gasteiger partial charge on any atom is -0.493 e. The molecule has 0 unspecified atom stereocenters. The average molecular weight is 496 g/mol. The summed E-state index contributed by atoms with van der Waals surface area (Å²) in [5.41, 5.74) is 1.58. The summed E-state index contributed by atoms with van der Waals surface area (Å²) in [7, 11) is 3.16. The van der Waals surface area contributed by atoms with Crippen molar-refractivity contribution in [3.05, 3.63) is 56.4 Å². The Kier molecular flexibility index (Phi) is 7.27. The summed E-state index contributed by atoms with van der Waals surface area (Å²) in [6.45, 7) is 2.64. The molecule has 5 nitrogen and oxygen atoms in total. The molecule has 2 aromatic carbocycles. The molecule has 1 heterocycles. The van der Waals surface area contributed by atoms with Gasteiger partial charge in [-0.2, -0.15) is 0 Å². The van der Waals surface area contributed by atoms with Gasteiger partial charge in [-0.3, -0.25) is 9.69 Å². The van der Waals surface area contributed by atoms with Crippen molar-refractivity contribution < 1.29 is 14.3 Å². The van der Waals surface area contributed by atoms with Crippen LogP contribution in [-0.4, -0.2) is 36.7 Å². The van der Waals surface area contributed by atoms with Gasteiger partial charge in [0.05, 0.1) is 29.3 Å². The van der Waals surface area contributed by atoms with Gasteiger partial charge >= 0.3 is 0 Å². The van der Waals surface area contributed by atoms with E-state index in [0.717, 1.165) is 22.1 Å². The predicted molar refractivity (Wildman–Crippen MR) is 123 cm³/mol. The monoisotopic (exact) mass is 494 g/mol. The van der Waals surface area contributed by atoms with Crippen molar-refractivity contribution in [1.29, 1.82) is 0 Å². The Morgan fingerprint density at radius 2 is 1.93 bits per heavy atom. The number of benzene rings is 2. The molecule has 1 amide bonds. The van der Waals surface area contributed by atoms with Gasteiger partial charge in [0.2, 0.25) is 0 Å². The van der Waals surface area contributed by atoms with Crippen LogP contribution in [0, 0.1) is 0 Å². The van der Waals surface area contributed by atoms with Crippen LogP contribution in [0.15, 0.2) is 50.8 Å². The van der Waals surface area contributed by atoms with E-state index < -0.39 is 0 Å². The van der Waals surface area contributed by atoms with Gasteiger partial charge in [0, 0.05) is 11.6 Å². The second kappa shape index (κ2) is 9.69. The fraction of sp³-hybridized carbons (Fsp3) is 0.238. The highest BCUT2D eigenvalue weighted by Gasteiger charge is 2.32. The summed E-state index contributed by atoms with van der Waals surface area (Å²) in [5.74, 6) is 1.14. The molecular weight excluding hydrogens is 476 g/mol. The molecule has 1 fully saturated rings. The third kappa shape index (κ3) is 4.97. The quantitative estimate of drug-likeness (QED) is 0.452. The van der Waals surface area contributed by atoms with Crippen LogP contribution in [0.4, 0.5) is 5.69 Å². The molecule has 0 N–H and O–H groups in total. The van der Waals surface area contributed by atoms with E-state index in [-0.39, 0.29) is 5.91 Å². The SMILES string of the molecule is CCCN1C(=O)/C(=C/c2cc(Br)c(OC)c(OC)c2)SC1=Nc1ccc(Cl)cc1. The Bertz CT molecular complexity index is 977. The number of halogens is 2. The Morgan fingerprint density at radius 3 is 2.55 bits per heavy atom. The number of carbonyl (C=O) groups is 1. The molecule has 1 saturated heterocycles. The molecule has 3 rings (SSSR count). The zero-order chi connectivity index (χ0) is 21.0. The second-order valence-corrected chi connectivity index (χ2v) is 8.48. The lowest BCUT2D eigenvalue weighted by Crippen LogP contribution is -2.29. The highest BCUT2D eigenvalue weighted by molar-refractivity contribution is 9.10. The highest BCUT2D eigenvalue weighted by atomic mass is 79.9. The Hall–Kier alpha value is -1.96. The molecule has 0 bridgehead atoms. The minimum absolute atomic E-state index is 0.0597. The molecule has 0 aliphatic carbocycles. The van der Waals surface area contributed by atoms with Crippen LogP contribution >= 0.6 is 39.3 Å². The first-order valence-electron chi connectivity index (χ1n) is 8.94. The third-order valence-corrected chi connectivity index (χ3v) is 5.99. The van der Waals surface area contributed by atoms with Gasteiger partial charge in [-0.25, -0.2) is 4.99 Å². The standard InChI is InChI=1S/C21H20BrClN2O3S/c1-4-9-25-20(26)18(29-21(25)24-15-7-5-14(23)6-8-15)12-13-10-16(22)19(28-3)17(11-13)27-2/h5-8,10-12H,4,9H2,1-3H3/b18-12-,24-21?. The fourth-order valence-corrected chi connectivity index (χ4v) is 4.58. The fourth-order valence-electron chi connectivity index (χ4n) is 2.81. The number of rotatable bonds is 6. The zero-order valence-electron chi connectivity index (χ0n) is 16.2. The molecule has 0 aromatic heterocycles. The van der Waals surface area contributed by atoms with E-state index in [2.05, 4.69) is 20.9 Å². The van der Waals surface area contributed by atoms with Gasteiger partial charge in [-0.05, 0) is 82.2 Å². The summed E-state index contributed by atoms with van der Waals surface area (Å²) in [6, 6.07) is 11.0. The smallest absolute Gasteiger partial charge is 0.266 e. The van der Waals surface area contributed by atoms with E-state index in [4.69, 9.17) is 21.1 Å². The van der Waals surface area contributed by atoms with Gasteiger partial charge in [0.1, 0.15) is 0 Å². The molecule has 0 saturated carbocycles. The molecule has 152 valence electrons. The molecule has 1 aliphatic heterocycles. The Balaban J connectivity index is 1.97. The number of ether oxygens (including phenoxy) is 2. The number of amides is 1. The maximum Gasteiger partial charge on any atom is 0.266 e. The van der Waals surface area contributed by atoms with E-state index in [0.29, 0.717) is 33.1 Å². The lowest BCUT2D eigenvalue weighted by molar-refractivity contribution is -0.122. The number of hydrogen-bond acceptors (Lipinski definition) is 5. The van der Waals surface area contributed by atoms with Crippen molar-refractivity contribution in [2.45, 2.75) is 13.3 Å². The lowest BCUT2D eigenvalue weighted by Gasteiger charge is -2.14. The van der Waals surface area contributed by atoms with E-state index >= 15 is 0 Å². The number of methoxy groups -OCH3 is 2. The van der Waals surface area contributed by atoms with Crippen LogP contribution in [0.1, 0.15) is 18.9 Å². The average Bonchev–Trinajstić information content (AvgIpc) is 2.98. The van der Waals surface area contributed by atoms with Crippen LogP contribution in [0.25, 0.3) is 6.08 Å². The first-order valence-corrected chi connectivity index (χ1v) is 10.9. The maximum atomic E-state index is 13.0. The maximum absolute atomic E-state index is 13.0. The van der Waals surface area contributed by atoms with Gasteiger partial charge in [0.25, 0.3) is 5.91 Å². The van der Waals surface area contributed by atoms with Crippen molar-refractivity contribution in [2.24, 2.45) is 4.99 Å². The Labute approximate surface area is 187 Å². The van der Waals surface area contributed by atoms with Crippen molar-refractivity contribution in [3.8, 4) is 11.5 Å². The summed E-state index contributed by atoms with van der Waals surface area (Å²) < 4.78 is 11.5. The van der Waals surface area contributed by atoms with Gasteiger partial charge in [-0.1, -0.05) is 18.5 Å². The zero-order valence-corrected chi connectivity index (χ0v) is 19.4. The first kappa shape index (κ1) is 21.7. The van der Waals surface area contributed by atoms with Crippen LogP contribution < -0.4 is 9.47 Å². The molecule has 0 atom stereocenters. The number of thioether (sulfide) groups is 1. The van der Waals surface area contributed by atoms with Gasteiger partial charge in [-0.15, -0.1) is 0 Å². The molecule has 0 spiro atoms. The summed E-state index contributed by atoms with van der Waals surface area (Å²) >= 11 is 10.8. The van der Waals surface area contributed by atoms with Crippen LogP contribution in [0.2, 0.25) is 5.02 Å². The summed E-state index contributed by atoms with van der Waals surface area (Å²) in [6.07, 6.45) is 2.67. The third-order valence-electron chi connectivity index (χ3n) is 4.14. The van der Waals surface area contributed by atoms with E-state index in [1.54, 1.807) is 31.3 Å². The number of carbonyl (C=O) groups excluding carboxylic acids is 1. The highest BCUT2D eigenvalue weighted by Crippen LogP contribution is 2.39. The minimum atomic E-state index is -0.0597. The number of amidine groups is 1. The van der Waals surface area contributed by atoms with Gasteiger partial charge < -0.3 is 9.47 Å². The molecule has 2 aromatic rings. The summed E-state index contributed by atoms with van der Waals surface area (Å²) in [5, 5.41) is 1.30. The van der Waals surface area contributed by atoms with Crippen LogP contribution in [-0.2, 0) is 4.79 Å². The van der Waals surface area contributed by atoms with Crippen LogP contribution in [0.3, 0.4) is 0 Å². The van der Waals surface area contributed by atoms with E-state index in [9.17, 15) is 4.79 Å². The number of hydrogen-bond donors (Lipinski definition) is 0. The predicted octanol–water partition coefficient (Wildman–Crippen LogP) is 6.13. The molecule has 29 heavy (non-hydrogen) atoms. The number of aliphatic imine (C=N–C) groups is 1. The van der Waals surface area contributed by atoms with Crippen molar-refractivity contribution >= 4 is 62.1 Å². The van der Waals surface area contributed by atoms with Crippen molar-refractivity contribution in [2.75, 3.05) is 20.8 Å².